The average Bonchev–Trinajstić information content (AvgIpc) is 3.18. The number of hydrogen-bond donors (Lipinski definition) is 1. The number of carbonyl (C=O) groups is 2. The van der Waals surface area contributed by atoms with E-state index in [1.807, 2.05) is 6.92 Å². The molecule has 0 radical (unpaired) electrons. The first kappa shape index (κ1) is 19.8. The Kier molecular flexibility index (Phi) is 6.05. The predicted octanol–water partition coefficient (Wildman–Crippen LogP) is 1.51. The Bertz CT molecular complexity index is 787. The van der Waals surface area contributed by atoms with Gasteiger partial charge in [-0.25, -0.2) is 8.42 Å². The molecule has 1 N–H and O–H groups in total. The second-order valence-corrected chi connectivity index (χ2v) is 11.3. The molecule has 1 saturated carbocycles. The normalized spacial score (nSPS) is 23.7. The fourth-order valence-corrected chi connectivity index (χ4v) is 6.60. The third-order valence-corrected chi connectivity index (χ3v) is 8.81. The quantitative estimate of drug-likeness (QED) is 0.692. The molecule has 1 saturated heterocycles. The number of amides is 2. The van der Waals surface area contributed by atoms with Gasteiger partial charge in [0, 0.05) is 45.1 Å². The van der Waals surface area contributed by atoms with Crippen LogP contribution in [0.1, 0.15) is 19.8 Å². The van der Waals surface area contributed by atoms with E-state index in [4.69, 9.17) is 0 Å². The molecule has 1 aliphatic carbocycles. The van der Waals surface area contributed by atoms with Crippen LogP contribution in [0, 0.1) is 11.8 Å². The highest BCUT2D eigenvalue weighted by atomic mass is 79.9. The molecule has 2 atom stereocenters. The Labute approximate surface area is 165 Å². The van der Waals surface area contributed by atoms with Gasteiger partial charge in [-0.3, -0.25) is 9.59 Å². The number of halogens is 1. The van der Waals surface area contributed by atoms with Crippen molar-refractivity contribution in [2.24, 2.45) is 11.8 Å². The molecule has 1 aliphatic heterocycles. The average molecular weight is 464 g/mol. The fraction of sp³-hybridized carbons (Fsp3) is 0.625. The second-order valence-electron chi connectivity index (χ2n) is 6.70. The van der Waals surface area contributed by atoms with Crippen LogP contribution in [0.5, 0.6) is 0 Å². The Morgan fingerprint density at radius 3 is 2.46 bits per heavy atom. The second kappa shape index (κ2) is 7.95. The summed E-state index contributed by atoms with van der Waals surface area (Å²) in [6.45, 7) is 3.70. The van der Waals surface area contributed by atoms with Gasteiger partial charge in [0.2, 0.25) is 11.8 Å². The Hall–Kier alpha value is -0.970. The number of hydrogen-bond acceptors (Lipinski definition) is 5. The van der Waals surface area contributed by atoms with Crippen LogP contribution in [0.3, 0.4) is 0 Å². The summed E-state index contributed by atoms with van der Waals surface area (Å²) in [4.78, 5) is 25.7. The number of nitrogens with zero attached hydrogens (tertiary/aromatic N) is 2. The van der Waals surface area contributed by atoms with Crippen LogP contribution in [0.4, 0.5) is 0 Å². The summed E-state index contributed by atoms with van der Waals surface area (Å²) in [5.74, 6) is 0.536. The third-order valence-electron chi connectivity index (χ3n) is 4.82. The molecule has 2 unspecified atom stereocenters. The summed E-state index contributed by atoms with van der Waals surface area (Å²) >= 11 is 4.46. The van der Waals surface area contributed by atoms with Crippen molar-refractivity contribution in [2.75, 3.05) is 32.7 Å². The van der Waals surface area contributed by atoms with E-state index in [0.717, 1.165) is 10.2 Å². The van der Waals surface area contributed by atoms with E-state index in [0.29, 0.717) is 29.8 Å². The van der Waals surface area contributed by atoms with Gasteiger partial charge in [-0.15, -0.1) is 11.3 Å². The van der Waals surface area contributed by atoms with Gasteiger partial charge in [-0.05, 0) is 40.4 Å². The molecular weight excluding hydrogens is 442 g/mol. The summed E-state index contributed by atoms with van der Waals surface area (Å²) in [5, 5.41) is 2.81. The Morgan fingerprint density at radius 2 is 1.92 bits per heavy atom. The summed E-state index contributed by atoms with van der Waals surface area (Å²) in [6.07, 6.45) is 1.18. The maximum Gasteiger partial charge on any atom is 0.252 e. The number of sulfonamides is 1. The van der Waals surface area contributed by atoms with Crippen LogP contribution in [-0.2, 0) is 19.6 Å². The molecule has 1 aromatic heterocycles. The highest BCUT2D eigenvalue weighted by Crippen LogP contribution is 2.37. The molecule has 2 heterocycles. The summed E-state index contributed by atoms with van der Waals surface area (Å²) < 4.78 is 27.7. The topological polar surface area (TPSA) is 86.8 Å². The lowest BCUT2D eigenvalue weighted by Gasteiger charge is -2.33. The molecule has 26 heavy (non-hydrogen) atoms. The molecular formula is C16H22BrN3O4S2. The van der Waals surface area contributed by atoms with Crippen LogP contribution >= 0.6 is 27.3 Å². The number of nitrogens with one attached hydrogen (secondary N) is 1. The van der Waals surface area contributed by atoms with E-state index in [-0.39, 0.29) is 37.2 Å². The molecule has 0 bridgehead atoms. The third kappa shape index (κ3) is 4.47. The van der Waals surface area contributed by atoms with Gasteiger partial charge in [0.1, 0.15) is 4.21 Å². The molecule has 7 nitrogen and oxygen atoms in total. The van der Waals surface area contributed by atoms with E-state index in [1.54, 1.807) is 17.0 Å². The van der Waals surface area contributed by atoms with Gasteiger partial charge in [0.05, 0.1) is 3.79 Å². The minimum atomic E-state index is -3.50. The molecule has 0 aromatic carbocycles. The Balaban J connectivity index is 1.44. The lowest BCUT2D eigenvalue weighted by Crippen LogP contribution is -2.50. The smallest absolute Gasteiger partial charge is 0.252 e. The van der Waals surface area contributed by atoms with Crippen molar-refractivity contribution in [1.29, 1.82) is 0 Å². The first-order valence-corrected chi connectivity index (χ1v) is 11.6. The van der Waals surface area contributed by atoms with Crippen molar-refractivity contribution in [3.8, 4) is 0 Å². The first-order chi connectivity index (χ1) is 12.3. The molecule has 10 heteroatoms. The minimum Gasteiger partial charge on any atom is -0.355 e. The van der Waals surface area contributed by atoms with Gasteiger partial charge >= 0.3 is 0 Å². The van der Waals surface area contributed by atoms with E-state index >= 15 is 0 Å². The zero-order chi connectivity index (χ0) is 18.9. The fourth-order valence-electron chi connectivity index (χ4n) is 3.01. The molecule has 1 aromatic rings. The summed E-state index contributed by atoms with van der Waals surface area (Å²) in [5.41, 5.74) is 0. The zero-order valence-corrected chi connectivity index (χ0v) is 17.7. The maximum absolute atomic E-state index is 12.6. The van der Waals surface area contributed by atoms with Crippen LogP contribution in [0.25, 0.3) is 0 Å². The molecule has 144 valence electrons. The van der Waals surface area contributed by atoms with Crippen LogP contribution in [-0.4, -0.2) is 62.2 Å². The van der Waals surface area contributed by atoms with Gasteiger partial charge < -0.3 is 10.2 Å². The van der Waals surface area contributed by atoms with Gasteiger partial charge in [-0.1, -0.05) is 6.92 Å². The largest absolute Gasteiger partial charge is 0.355 e. The molecule has 2 fully saturated rings. The summed E-state index contributed by atoms with van der Waals surface area (Å²) in [6, 6.07) is 3.30. The molecule has 3 rings (SSSR count). The van der Waals surface area contributed by atoms with Gasteiger partial charge in [0.15, 0.2) is 0 Å². The van der Waals surface area contributed by atoms with Gasteiger partial charge in [0.25, 0.3) is 10.0 Å². The number of thiophene rings is 1. The number of carbonyl (C=O) groups excluding carboxylic acids is 2. The zero-order valence-electron chi connectivity index (χ0n) is 14.5. The lowest BCUT2D eigenvalue weighted by atomic mass is 10.3. The highest BCUT2D eigenvalue weighted by molar-refractivity contribution is 9.11. The van der Waals surface area contributed by atoms with Crippen molar-refractivity contribution in [2.45, 2.75) is 24.0 Å². The van der Waals surface area contributed by atoms with Crippen molar-refractivity contribution in [1.82, 2.24) is 14.5 Å². The summed E-state index contributed by atoms with van der Waals surface area (Å²) in [7, 11) is -3.50. The molecule has 2 amide bonds. The van der Waals surface area contributed by atoms with E-state index in [2.05, 4.69) is 21.2 Å². The van der Waals surface area contributed by atoms with Gasteiger partial charge in [-0.2, -0.15) is 4.31 Å². The van der Waals surface area contributed by atoms with E-state index < -0.39 is 10.0 Å². The first-order valence-electron chi connectivity index (χ1n) is 8.60. The predicted molar refractivity (Wildman–Crippen MR) is 102 cm³/mol. The minimum absolute atomic E-state index is 0.0309. The van der Waals surface area contributed by atoms with Crippen LogP contribution in [0.2, 0.25) is 0 Å². The van der Waals surface area contributed by atoms with Crippen molar-refractivity contribution in [3.63, 3.8) is 0 Å². The number of rotatable bonds is 6. The van der Waals surface area contributed by atoms with Crippen LogP contribution in [0.15, 0.2) is 20.1 Å². The maximum atomic E-state index is 12.6. The van der Waals surface area contributed by atoms with E-state index in [9.17, 15) is 18.0 Å². The SMILES string of the molecule is CC1CC1C(=O)NCCC(=O)N1CCN(S(=O)(=O)c2ccc(Br)s2)CC1. The standard InChI is InChI=1S/C16H22BrN3O4S2/c1-11-10-12(11)16(22)18-5-4-14(21)19-6-8-20(9-7-19)26(23,24)15-3-2-13(17)25-15/h2-3,11-12H,4-10H2,1H3,(H,18,22). The van der Waals surface area contributed by atoms with Crippen LogP contribution < -0.4 is 5.32 Å². The molecule has 0 spiro atoms. The highest BCUT2D eigenvalue weighted by Gasteiger charge is 2.39. The molecule has 2 aliphatic rings. The monoisotopic (exact) mass is 463 g/mol. The lowest BCUT2D eigenvalue weighted by molar-refractivity contribution is -0.132. The van der Waals surface area contributed by atoms with Crippen molar-refractivity contribution >= 4 is 49.1 Å². The Morgan fingerprint density at radius 1 is 1.27 bits per heavy atom. The number of piperazine rings is 1. The van der Waals surface area contributed by atoms with Crippen molar-refractivity contribution in [3.05, 3.63) is 15.9 Å². The van der Waals surface area contributed by atoms with E-state index in [1.165, 1.54) is 15.6 Å². The van der Waals surface area contributed by atoms with Crippen molar-refractivity contribution < 1.29 is 18.0 Å².